The van der Waals surface area contributed by atoms with Crippen LogP contribution in [0.15, 0.2) is 36.7 Å². The van der Waals surface area contributed by atoms with E-state index in [0.717, 1.165) is 70.3 Å². The second kappa shape index (κ2) is 9.53. The monoisotopic (exact) mass is 407 g/mol. The molecular formula is C23H33N7. The molecule has 1 aliphatic heterocycles. The summed E-state index contributed by atoms with van der Waals surface area (Å²) < 4.78 is 1.93. The Bertz CT molecular complexity index is 941. The van der Waals surface area contributed by atoms with Crippen molar-refractivity contribution >= 4 is 11.6 Å². The van der Waals surface area contributed by atoms with Crippen LogP contribution in [-0.2, 0) is 6.42 Å². The molecule has 0 unspecified atom stereocenters. The summed E-state index contributed by atoms with van der Waals surface area (Å²) in [6.07, 6.45) is 2.46. The Morgan fingerprint density at radius 2 is 1.73 bits per heavy atom. The molecule has 0 atom stereocenters. The number of nitrogens with zero attached hydrogens (tertiary/aromatic N) is 7. The average Bonchev–Trinajstić information content (AvgIpc) is 3.24. The fourth-order valence-corrected chi connectivity index (χ4v) is 4.31. The SMILES string of the molecule is CCN(CC)CCN1CCN(c2c(Cc3ccccc3)c(C)nc3ncnn23)CC1. The molecule has 0 saturated carbocycles. The maximum absolute atomic E-state index is 4.72. The summed E-state index contributed by atoms with van der Waals surface area (Å²) in [7, 11) is 0. The van der Waals surface area contributed by atoms with E-state index in [4.69, 9.17) is 4.98 Å². The highest BCUT2D eigenvalue weighted by Gasteiger charge is 2.24. The molecule has 1 aromatic carbocycles. The predicted octanol–water partition coefficient (Wildman–Crippen LogP) is 2.49. The molecule has 3 aromatic rings. The van der Waals surface area contributed by atoms with Crippen molar-refractivity contribution in [1.82, 2.24) is 29.4 Å². The van der Waals surface area contributed by atoms with Crippen LogP contribution in [0, 0.1) is 6.92 Å². The molecule has 1 aliphatic rings. The topological polar surface area (TPSA) is 52.8 Å². The Kier molecular flexibility index (Phi) is 6.59. The molecule has 0 N–H and O–H groups in total. The van der Waals surface area contributed by atoms with Crippen LogP contribution in [0.5, 0.6) is 0 Å². The van der Waals surface area contributed by atoms with Crippen LogP contribution in [0.4, 0.5) is 5.82 Å². The molecule has 0 aliphatic carbocycles. The molecule has 160 valence electrons. The fourth-order valence-electron chi connectivity index (χ4n) is 4.31. The normalized spacial score (nSPS) is 15.4. The van der Waals surface area contributed by atoms with E-state index >= 15 is 0 Å². The first-order chi connectivity index (χ1) is 14.7. The van der Waals surface area contributed by atoms with Crippen LogP contribution < -0.4 is 4.90 Å². The Morgan fingerprint density at radius 1 is 1.00 bits per heavy atom. The van der Waals surface area contributed by atoms with Gasteiger partial charge in [-0.2, -0.15) is 14.6 Å². The van der Waals surface area contributed by atoms with Crippen molar-refractivity contribution in [2.24, 2.45) is 0 Å². The number of likely N-dealkylation sites (N-methyl/N-ethyl adjacent to an activating group) is 1. The molecule has 3 heterocycles. The minimum Gasteiger partial charge on any atom is -0.354 e. The van der Waals surface area contributed by atoms with Crippen LogP contribution in [-0.4, -0.2) is 81.7 Å². The van der Waals surface area contributed by atoms with Gasteiger partial charge in [-0.05, 0) is 25.6 Å². The van der Waals surface area contributed by atoms with Gasteiger partial charge in [0.25, 0.3) is 5.78 Å². The number of benzene rings is 1. The van der Waals surface area contributed by atoms with Crippen LogP contribution in [0.1, 0.15) is 30.7 Å². The Labute approximate surface area is 179 Å². The minimum atomic E-state index is 0.684. The standard InChI is InChI=1S/C23H33N7/c1-4-27(5-2)11-12-28-13-15-29(16-14-28)22-21(17-20-9-7-6-8-10-20)19(3)26-23-24-18-25-30(22)23/h6-10,18H,4-5,11-17H2,1-3H3. The molecule has 7 nitrogen and oxygen atoms in total. The molecule has 30 heavy (non-hydrogen) atoms. The Morgan fingerprint density at radius 3 is 2.43 bits per heavy atom. The summed E-state index contributed by atoms with van der Waals surface area (Å²) >= 11 is 0. The summed E-state index contributed by atoms with van der Waals surface area (Å²) in [6, 6.07) is 10.6. The third-order valence-electron chi connectivity index (χ3n) is 6.23. The molecule has 1 fully saturated rings. The number of hydrogen-bond donors (Lipinski definition) is 0. The van der Waals surface area contributed by atoms with E-state index in [1.807, 2.05) is 4.52 Å². The molecule has 4 rings (SSSR count). The lowest BCUT2D eigenvalue weighted by atomic mass is 10.0. The first kappa shape index (κ1) is 20.8. The smallest absolute Gasteiger partial charge is 0.254 e. The summed E-state index contributed by atoms with van der Waals surface area (Å²) in [4.78, 5) is 16.6. The molecule has 0 radical (unpaired) electrons. The molecule has 7 heteroatoms. The number of piperazine rings is 1. The highest BCUT2D eigenvalue weighted by Crippen LogP contribution is 2.27. The number of aromatic nitrogens is 4. The van der Waals surface area contributed by atoms with E-state index in [2.05, 4.69) is 75.9 Å². The van der Waals surface area contributed by atoms with Crippen LogP contribution >= 0.6 is 0 Å². The largest absolute Gasteiger partial charge is 0.354 e. The molecule has 2 aromatic heterocycles. The number of hydrogen-bond acceptors (Lipinski definition) is 6. The van der Waals surface area contributed by atoms with Gasteiger partial charge in [-0.15, -0.1) is 0 Å². The van der Waals surface area contributed by atoms with Crippen molar-refractivity contribution in [2.75, 3.05) is 57.3 Å². The van der Waals surface area contributed by atoms with E-state index in [0.29, 0.717) is 5.78 Å². The van der Waals surface area contributed by atoms with E-state index in [1.54, 1.807) is 6.33 Å². The minimum absolute atomic E-state index is 0.684. The third kappa shape index (κ3) is 4.47. The maximum Gasteiger partial charge on any atom is 0.254 e. The fraction of sp³-hybridized carbons (Fsp3) is 0.522. The first-order valence-corrected chi connectivity index (χ1v) is 11.1. The number of anilines is 1. The van der Waals surface area contributed by atoms with Crippen molar-refractivity contribution in [3.05, 3.63) is 53.5 Å². The number of aryl methyl sites for hydroxylation is 1. The summed E-state index contributed by atoms with van der Waals surface area (Å²) in [5, 5.41) is 4.52. The quantitative estimate of drug-likeness (QED) is 0.572. The van der Waals surface area contributed by atoms with Crippen molar-refractivity contribution in [3.63, 3.8) is 0 Å². The van der Waals surface area contributed by atoms with Gasteiger partial charge in [-0.3, -0.25) is 4.90 Å². The Balaban J connectivity index is 1.55. The molecular weight excluding hydrogens is 374 g/mol. The van der Waals surface area contributed by atoms with Gasteiger partial charge in [0.15, 0.2) is 0 Å². The van der Waals surface area contributed by atoms with Gasteiger partial charge in [-0.1, -0.05) is 44.2 Å². The lowest BCUT2D eigenvalue weighted by molar-refractivity contribution is 0.205. The highest BCUT2D eigenvalue weighted by atomic mass is 15.4. The summed E-state index contributed by atoms with van der Waals surface area (Å²) in [5.41, 5.74) is 3.58. The van der Waals surface area contributed by atoms with E-state index < -0.39 is 0 Å². The van der Waals surface area contributed by atoms with Gasteiger partial charge in [0.1, 0.15) is 12.1 Å². The molecule has 0 amide bonds. The summed E-state index contributed by atoms with van der Waals surface area (Å²) in [5.74, 6) is 1.84. The van der Waals surface area contributed by atoms with Crippen LogP contribution in [0.25, 0.3) is 5.78 Å². The highest BCUT2D eigenvalue weighted by molar-refractivity contribution is 5.56. The second-order valence-electron chi connectivity index (χ2n) is 7.99. The van der Waals surface area contributed by atoms with Crippen LogP contribution in [0.3, 0.4) is 0 Å². The van der Waals surface area contributed by atoms with Crippen molar-refractivity contribution in [3.8, 4) is 0 Å². The first-order valence-electron chi connectivity index (χ1n) is 11.1. The zero-order valence-electron chi connectivity index (χ0n) is 18.5. The van der Waals surface area contributed by atoms with Gasteiger partial charge >= 0.3 is 0 Å². The number of fused-ring (bicyclic) bond motifs is 1. The van der Waals surface area contributed by atoms with Crippen LogP contribution in [0.2, 0.25) is 0 Å². The van der Waals surface area contributed by atoms with Crippen molar-refractivity contribution < 1.29 is 0 Å². The molecule has 0 bridgehead atoms. The lowest BCUT2D eigenvalue weighted by Gasteiger charge is -2.37. The summed E-state index contributed by atoms with van der Waals surface area (Å²) in [6.45, 7) is 15.3. The maximum atomic E-state index is 4.72. The van der Waals surface area contributed by atoms with Gasteiger partial charge in [0.2, 0.25) is 0 Å². The van der Waals surface area contributed by atoms with E-state index in [9.17, 15) is 0 Å². The lowest BCUT2D eigenvalue weighted by Crippen LogP contribution is -2.49. The average molecular weight is 408 g/mol. The predicted molar refractivity (Wildman–Crippen MR) is 121 cm³/mol. The van der Waals surface area contributed by atoms with E-state index in [1.165, 1.54) is 11.1 Å². The van der Waals surface area contributed by atoms with Crippen molar-refractivity contribution in [2.45, 2.75) is 27.2 Å². The number of rotatable bonds is 8. The zero-order valence-corrected chi connectivity index (χ0v) is 18.5. The molecule has 1 saturated heterocycles. The van der Waals surface area contributed by atoms with E-state index in [-0.39, 0.29) is 0 Å². The van der Waals surface area contributed by atoms with Gasteiger partial charge < -0.3 is 9.80 Å². The van der Waals surface area contributed by atoms with Gasteiger partial charge in [0.05, 0.1) is 0 Å². The molecule has 0 spiro atoms. The van der Waals surface area contributed by atoms with Crippen molar-refractivity contribution in [1.29, 1.82) is 0 Å². The third-order valence-corrected chi connectivity index (χ3v) is 6.23. The zero-order chi connectivity index (χ0) is 20.9. The second-order valence-corrected chi connectivity index (χ2v) is 7.99. The Hall–Kier alpha value is -2.51. The van der Waals surface area contributed by atoms with Gasteiger partial charge in [-0.25, -0.2) is 4.98 Å². The van der Waals surface area contributed by atoms with Gasteiger partial charge in [0, 0.05) is 56.9 Å².